The van der Waals surface area contributed by atoms with Gasteiger partial charge in [0.15, 0.2) is 0 Å². The number of carbonyl (C=O) groups excluding carboxylic acids is 1. The van der Waals surface area contributed by atoms with Gasteiger partial charge in [0.2, 0.25) is 10.0 Å². The molecule has 1 aromatic carbocycles. The number of hydrogen-bond acceptors (Lipinski definition) is 6. The molecule has 0 aliphatic carbocycles. The Morgan fingerprint density at radius 3 is 2.56 bits per heavy atom. The number of hydroxylamine groups is 1. The average molecular weight is 388 g/mol. The third kappa shape index (κ3) is 4.51. The van der Waals surface area contributed by atoms with Crippen LogP contribution < -0.4 is 10.4 Å². The van der Waals surface area contributed by atoms with E-state index in [0.717, 1.165) is 11.9 Å². The maximum absolute atomic E-state index is 12.9. The predicted octanol–water partition coefficient (Wildman–Crippen LogP) is 1.11. The zero-order valence-corrected chi connectivity index (χ0v) is 15.3. The van der Waals surface area contributed by atoms with E-state index in [-0.39, 0.29) is 4.90 Å². The third-order valence-electron chi connectivity index (χ3n) is 4.25. The zero-order chi connectivity index (χ0) is 19.3. The fourth-order valence-electron chi connectivity index (χ4n) is 2.84. The molecule has 2 N–H and O–H groups in total. The summed E-state index contributed by atoms with van der Waals surface area (Å²) in [5.74, 6) is 0.151. The van der Waals surface area contributed by atoms with Crippen molar-refractivity contribution in [2.75, 3.05) is 31.1 Å². The summed E-state index contributed by atoms with van der Waals surface area (Å²) in [5.41, 5.74) is 2.04. The van der Waals surface area contributed by atoms with Crippen molar-refractivity contribution in [1.29, 1.82) is 0 Å². The van der Waals surface area contributed by atoms with Gasteiger partial charge >= 0.3 is 0 Å². The van der Waals surface area contributed by atoms with Gasteiger partial charge in [-0.2, -0.15) is 4.31 Å². The average Bonchev–Trinajstić information content (AvgIpc) is 2.73. The number of aromatic nitrogens is 1. The molecule has 3 rings (SSSR count). The topological polar surface area (TPSA) is 103 Å². The molecule has 0 radical (unpaired) electrons. The first kappa shape index (κ1) is 19.0. The van der Waals surface area contributed by atoms with Crippen LogP contribution in [0, 0.1) is 0 Å². The Morgan fingerprint density at radius 1 is 1.11 bits per heavy atom. The maximum Gasteiger partial charge on any atom is 0.267 e. The standard InChI is InChI=1S/C18H20N4O4S/c23-18(20-24)8-7-15-4-3-5-16(14-15)27(25,26)22-12-10-21(11-13-22)17-6-1-2-9-19-17/h1-9,14,24H,10-13H2,(H,20,23)/b8-7+. The lowest BCUT2D eigenvalue weighted by Gasteiger charge is -2.34. The number of amides is 1. The summed E-state index contributed by atoms with van der Waals surface area (Å²) in [6, 6.07) is 12.0. The summed E-state index contributed by atoms with van der Waals surface area (Å²) in [7, 11) is -3.63. The summed E-state index contributed by atoms with van der Waals surface area (Å²) in [4.78, 5) is 17.6. The molecule has 9 heteroatoms. The van der Waals surface area contributed by atoms with Crippen LogP contribution in [0.2, 0.25) is 0 Å². The molecule has 1 aliphatic rings. The van der Waals surface area contributed by atoms with Crippen molar-refractivity contribution in [3.63, 3.8) is 0 Å². The van der Waals surface area contributed by atoms with Crippen LogP contribution in [-0.4, -0.2) is 55.0 Å². The Hall–Kier alpha value is -2.75. The highest BCUT2D eigenvalue weighted by Gasteiger charge is 2.28. The number of anilines is 1. The number of nitrogens with one attached hydrogen (secondary N) is 1. The van der Waals surface area contributed by atoms with Crippen molar-refractivity contribution in [3.05, 3.63) is 60.3 Å². The SMILES string of the molecule is O=C(/C=C/c1cccc(S(=O)(=O)N2CCN(c3ccccn3)CC2)c1)NO. The van der Waals surface area contributed by atoms with Crippen LogP contribution in [0.15, 0.2) is 59.6 Å². The molecular weight excluding hydrogens is 368 g/mol. The highest BCUT2D eigenvalue weighted by Crippen LogP contribution is 2.21. The second-order valence-corrected chi connectivity index (χ2v) is 7.90. The van der Waals surface area contributed by atoms with E-state index < -0.39 is 15.9 Å². The summed E-state index contributed by atoms with van der Waals surface area (Å²) < 4.78 is 27.3. The van der Waals surface area contributed by atoms with Gasteiger partial charge in [0.1, 0.15) is 5.82 Å². The molecule has 2 heterocycles. The first-order valence-electron chi connectivity index (χ1n) is 8.39. The fraction of sp³-hybridized carbons (Fsp3) is 0.222. The van der Waals surface area contributed by atoms with Crippen LogP contribution in [0.25, 0.3) is 6.08 Å². The monoisotopic (exact) mass is 388 g/mol. The molecule has 1 aromatic heterocycles. The molecule has 1 saturated heterocycles. The lowest BCUT2D eigenvalue weighted by molar-refractivity contribution is -0.124. The van der Waals surface area contributed by atoms with Crippen LogP contribution >= 0.6 is 0 Å². The molecule has 0 spiro atoms. The molecule has 0 atom stereocenters. The van der Waals surface area contributed by atoms with Gasteiger partial charge in [-0.25, -0.2) is 18.9 Å². The maximum atomic E-state index is 12.9. The van der Waals surface area contributed by atoms with E-state index >= 15 is 0 Å². The molecule has 0 saturated carbocycles. The number of rotatable bonds is 5. The van der Waals surface area contributed by atoms with Gasteiger partial charge < -0.3 is 4.90 Å². The number of carbonyl (C=O) groups is 1. The van der Waals surface area contributed by atoms with E-state index in [1.54, 1.807) is 18.3 Å². The van der Waals surface area contributed by atoms with Gasteiger partial charge in [0.05, 0.1) is 4.90 Å². The minimum atomic E-state index is -3.63. The second-order valence-electron chi connectivity index (χ2n) is 5.96. The van der Waals surface area contributed by atoms with Gasteiger partial charge in [-0.3, -0.25) is 10.0 Å². The summed E-state index contributed by atoms with van der Waals surface area (Å²) >= 11 is 0. The Labute approximate surface area is 157 Å². The van der Waals surface area contributed by atoms with Crippen molar-refractivity contribution in [2.45, 2.75) is 4.90 Å². The van der Waals surface area contributed by atoms with E-state index in [1.165, 1.54) is 28.0 Å². The van der Waals surface area contributed by atoms with Crippen LogP contribution in [0.5, 0.6) is 0 Å². The molecule has 142 valence electrons. The Bertz CT molecular complexity index is 923. The molecule has 1 aliphatic heterocycles. The van der Waals surface area contributed by atoms with Gasteiger partial charge in [-0.1, -0.05) is 18.2 Å². The molecule has 1 amide bonds. The van der Waals surface area contributed by atoms with Crippen LogP contribution in [0.4, 0.5) is 5.82 Å². The first-order chi connectivity index (χ1) is 13.0. The van der Waals surface area contributed by atoms with Crippen molar-refractivity contribution in [1.82, 2.24) is 14.8 Å². The largest absolute Gasteiger partial charge is 0.354 e. The zero-order valence-electron chi connectivity index (χ0n) is 14.5. The number of piperazine rings is 1. The molecule has 0 bridgehead atoms. The van der Waals surface area contributed by atoms with Crippen molar-refractivity contribution in [2.24, 2.45) is 0 Å². The summed E-state index contributed by atoms with van der Waals surface area (Å²) in [5, 5.41) is 8.51. The number of benzene rings is 1. The second kappa shape index (κ2) is 8.30. The Balaban J connectivity index is 1.72. The van der Waals surface area contributed by atoms with Crippen molar-refractivity contribution >= 4 is 27.8 Å². The lowest BCUT2D eigenvalue weighted by Crippen LogP contribution is -2.48. The first-order valence-corrected chi connectivity index (χ1v) is 9.83. The normalized spacial score (nSPS) is 15.8. The van der Waals surface area contributed by atoms with Gasteiger partial charge in [-0.05, 0) is 35.9 Å². The Morgan fingerprint density at radius 2 is 1.89 bits per heavy atom. The molecule has 8 nitrogen and oxygen atoms in total. The Kier molecular flexibility index (Phi) is 5.84. The van der Waals surface area contributed by atoms with E-state index in [1.807, 2.05) is 18.2 Å². The molecule has 27 heavy (non-hydrogen) atoms. The van der Waals surface area contributed by atoms with E-state index in [9.17, 15) is 13.2 Å². The van der Waals surface area contributed by atoms with Crippen LogP contribution in [-0.2, 0) is 14.8 Å². The molecule has 1 fully saturated rings. The van der Waals surface area contributed by atoms with E-state index in [0.29, 0.717) is 31.7 Å². The summed E-state index contributed by atoms with van der Waals surface area (Å²) in [6.07, 6.45) is 4.27. The molecular formula is C18H20N4O4S. The highest BCUT2D eigenvalue weighted by atomic mass is 32.2. The molecule has 0 unspecified atom stereocenters. The highest BCUT2D eigenvalue weighted by molar-refractivity contribution is 7.89. The smallest absolute Gasteiger partial charge is 0.267 e. The number of sulfonamides is 1. The third-order valence-corrected chi connectivity index (χ3v) is 6.14. The van der Waals surface area contributed by atoms with Gasteiger partial charge in [0, 0.05) is 38.5 Å². The minimum Gasteiger partial charge on any atom is -0.354 e. The minimum absolute atomic E-state index is 0.167. The van der Waals surface area contributed by atoms with Crippen LogP contribution in [0.1, 0.15) is 5.56 Å². The fourth-order valence-corrected chi connectivity index (χ4v) is 4.31. The number of pyridine rings is 1. The van der Waals surface area contributed by atoms with Gasteiger partial charge in [0.25, 0.3) is 5.91 Å². The van der Waals surface area contributed by atoms with Gasteiger partial charge in [-0.15, -0.1) is 0 Å². The van der Waals surface area contributed by atoms with Crippen molar-refractivity contribution in [3.8, 4) is 0 Å². The van der Waals surface area contributed by atoms with E-state index in [4.69, 9.17) is 5.21 Å². The predicted molar refractivity (Wildman–Crippen MR) is 101 cm³/mol. The summed E-state index contributed by atoms with van der Waals surface area (Å²) in [6.45, 7) is 1.86. The number of hydrogen-bond donors (Lipinski definition) is 2. The number of nitrogens with zero attached hydrogens (tertiary/aromatic N) is 3. The van der Waals surface area contributed by atoms with E-state index in [2.05, 4.69) is 9.88 Å². The quantitative estimate of drug-likeness (QED) is 0.452. The van der Waals surface area contributed by atoms with Crippen LogP contribution in [0.3, 0.4) is 0 Å². The lowest BCUT2D eigenvalue weighted by atomic mass is 10.2. The molecule has 2 aromatic rings. The van der Waals surface area contributed by atoms with Crippen molar-refractivity contribution < 1.29 is 18.4 Å².